The summed E-state index contributed by atoms with van der Waals surface area (Å²) in [5, 5.41) is 1.01. The van der Waals surface area contributed by atoms with Crippen molar-refractivity contribution in [1.82, 2.24) is 9.47 Å². The molecular formula is C25H28N2O6. The molecule has 2 bridgehead atoms. The quantitative estimate of drug-likeness (QED) is 0.378. The van der Waals surface area contributed by atoms with E-state index in [9.17, 15) is 14.4 Å². The summed E-state index contributed by atoms with van der Waals surface area (Å²) in [7, 11) is 4.74. The highest BCUT2D eigenvalue weighted by Gasteiger charge is 2.47. The van der Waals surface area contributed by atoms with Crippen molar-refractivity contribution in [3.63, 3.8) is 0 Å². The Morgan fingerprint density at radius 1 is 1.15 bits per heavy atom. The first-order valence-corrected chi connectivity index (χ1v) is 10.9. The third kappa shape index (κ3) is 4.01. The number of esters is 3. The summed E-state index contributed by atoms with van der Waals surface area (Å²) in [5.74, 6) is -1.79. The van der Waals surface area contributed by atoms with E-state index >= 15 is 0 Å². The summed E-state index contributed by atoms with van der Waals surface area (Å²) >= 11 is 0. The van der Waals surface area contributed by atoms with E-state index in [-0.39, 0.29) is 30.5 Å². The van der Waals surface area contributed by atoms with Crippen molar-refractivity contribution in [2.24, 2.45) is 13.0 Å². The lowest BCUT2D eigenvalue weighted by Crippen LogP contribution is -2.42. The first-order valence-electron chi connectivity index (χ1n) is 10.9. The van der Waals surface area contributed by atoms with E-state index < -0.39 is 11.9 Å². The molecule has 0 saturated heterocycles. The maximum atomic E-state index is 13.1. The van der Waals surface area contributed by atoms with Crippen molar-refractivity contribution in [2.45, 2.75) is 25.3 Å². The fourth-order valence-electron chi connectivity index (χ4n) is 5.18. The number of benzene rings is 1. The van der Waals surface area contributed by atoms with Gasteiger partial charge in [-0.3, -0.25) is 9.59 Å². The SMILES string of the molecule is COC(=O)/C=C/C1=CN(CCOC(C)=O)[C@@H]2C[C@H]1[C@@H](C(=O)OC)c1c2n(C)c2ccccc12. The molecule has 3 atom stereocenters. The minimum atomic E-state index is -0.503. The number of fused-ring (bicyclic) bond motifs is 6. The molecule has 1 aromatic heterocycles. The number of carbonyl (C=O) groups excluding carboxylic acids is 3. The van der Waals surface area contributed by atoms with Crippen LogP contribution in [0.2, 0.25) is 0 Å². The van der Waals surface area contributed by atoms with Gasteiger partial charge in [0, 0.05) is 48.8 Å². The molecule has 8 heteroatoms. The highest BCUT2D eigenvalue weighted by atomic mass is 16.5. The second kappa shape index (κ2) is 9.13. The van der Waals surface area contributed by atoms with Gasteiger partial charge in [-0.05, 0) is 23.6 Å². The second-order valence-corrected chi connectivity index (χ2v) is 8.30. The molecule has 8 nitrogen and oxygen atoms in total. The molecule has 0 amide bonds. The number of hydrogen-bond donors (Lipinski definition) is 0. The summed E-state index contributed by atoms with van der Waals surface area (Å²) in [6.45, 7) is 2.10. The third-order valence-corrected chi connectivity index (χ3v) is 6.57. The number of ether oxygens (including phenoxy) is 3. The first-order chi connectivity index (χ1) is 15.9. The van der Waals surface area contributed by atoms with E-state index in [1.807, 2.05) is 37.5 Å². The Bertz CT molecular complexity index is 1160. The summed E-state index contributed by atoms with van der Waals surface area (Å²) in [4.78, 5) is 38.4. The lowest BCUT2D eigenvalue weighted by molar-refractivity contribution is -0.144. The zero-order chi connectivity index (χ0) is 23.7. The van der Waals surface area contributed by atoms with Crippen LogP contribution in [0.1, 0.15) is 36.6 Å². The molecule has 1 aliphatic heterocycles. The summed E-state index contributed by atoms with van der Waals surface area (Å²) in [6.07, 6.45) is 5.69. The van der Waals surface area contributed by atoms with Crippen molar-refractivity contribution >= 4 is 28.8 Å². The van der Waals surface area contributed by atoms with Gasteiger partial charge in [-0.25, -0.2) is 4.79 Å². The van der Waals surface area contributed by atoms with Crippen molar-refractivity contribution < 1.29 is 28.6 Å². The molecule has 2 aromatic rings. The average Bonchev–Trinajstić information content (AvgIpc) is 3.11. The van der Waals surface area contributed by atoms with E-state index in [4.69, 9.17) is 14.2 Å². The van der Waals surface area contributed by atoms with E-state index in [1.54, 1.807) is 6.08 Å². The van der Waals surface area contributed by atoms with Gasteiger partial charge in [0.2, 0.25) is 0 Å². The van der Waals surface area contributed by atoms with Gasteiger partial charge in [-0.2, -0.15) is 0 Å². The smallest absolute Gasteiger partial charge is 0.330 e. The Balaban J connectivity index is 1.87. The van der Waals surface area contributed by atoms with E-state index in [2.05, 4.69) is 9.47 Å². The van der Waals surface area contributed by atoms with Crippen LogP contribution < -0.4 is 0 Å². The van der Waals surface area contributed by atoms with Crippen LogP contribution in [-0.2, 0) is 35.6 Å². The zero-order valence-corrected chi connectivity index (χ0v) is 19.2. The fraction of sp³-hybridized carbons (Fsp3) is 0.400. The van der Waals surface area contributed by atoms with Gasteiger partial charge in [0.15, 0.2) is 0 Å². The van der Waals surface area contributed by atoms with Gasteiger partial charge < -0.3 is 23.7 Å². The van der Waals surface area contributed by atoms with Crippen LogP contribution in [0.25, 0.3) is 10.9 Å². The molecule has 0 radical (unpaired) electrons. The van der Waals surface area contributed by atoms with Gasteiger partial charge in [0.25, 0.3) is 0 Å². The molecular weight excluding hydrogens is 424 g/mol. The van der Waals surface area contributed by atoms with E-state index in [1.165, 1.54) is 27.2 Å². The number of carbonyl (C=O) groups is 3. The number of aromatic nitrogens is 1. The Labute approximate surface area is 192 Å². The molecule has 0 N–H and O–H groups in total. The number of hydrogen-bond acceptors (Lipinski definition) is 7. The Kier molecular flexibility index (Phi) is 6.26. The predicted molar refractivity (Wildman–Crippen MR) is 121 cm³/mol. The van der Waals surface area contributed by atoms with E-state index in [0.29, 0.717) is 13.0 Å². The van der Waals surface area contributed by atoms with E-state index in [0.717, 1.165) is 27.7 Å². The number of aryl methyl sites for hydroxylation is 1. The average molecular weight is 453 g/mol. The number of methoxy groups -OCH3 is 2. The Morgan fingerprint density at radius 2 is 1.91 bits per heavy atom. The van der Waals surface area contributed by atoms with Crippen molar-refractivity contribution in [3.05, 3.63) is 59.4 Å². The van der Waals surface area contributed by atoms with Crippen LogP contribution in [0.4, 0.5) is 0 Å². The van der Waals surface area contributed by atoms with Crippen LogP contribution in [0.5, 0.6) is 0 Å². The molecule has 1 aliphatic carbocycles. The number of allylic oxidation sites excluding steroid dienone is 2. The van der Waals surface area contributed by atoms with Gasteiger partial charge in [0.1, 0.15) is 6.61 Å². The predicted octanol–water partition coefficient (Wildman–Crippen LogP) is 2.99. The first kappa shape index (κ1) is 22.6. The highest BCUT2D eigenvalue weighted by Crippen LogP contribution is 2.53. The number of para-hydroxylation sites is 1. The number of nitrogens with zero attached hydrogens (tertiary/aromatic N) is 2. The molecule has 1 aromatic carbocycles. The molecule has 4 rings (SSSR count). The minimum absolute atomic E-state index is 0.0193. The monoisotopic (exact) mass is 452 g/mol. The minimum Gasteiger partial charge on any atom is -0.469 e. The summed E-state index contributed by atoms with van der Waals surface area (Å²) in [5.41, 5.74) is 3.87. The van der Waals surface area contributed by atoms with Crippen LogP contribution in [0.15, 0.2) is 48.2 Å². The molecule has 0 spiro atoms. The maximum Gasteiger partial charge on any atom is 0.330 e. The molecule has 2 heterocycles. The summed E-state index contributed by atoms with van der Waals surface area (Å²) < 4.78 is 17.4. The van der Waals surface area contributed by atoms with Crippen molar-refractivity contribution in [2.75, 3.05) is 27.4 Å². The van der Waals surface area contributed by atoms with Crippen LogP contribution >= 0.6 is 0 Å². The zero-order valence-electron chi connectivity index (χ0n) is 19.2. The standard InChI is InChI=1S/C25H28N2O6/c1-15(28)33-12-11-27-14-16(9-10-21(29)31-3)18-13-20(27)24-22(23(18)25(30)32-4)17-7-5-6-8-19(17)26(24)2/h5-10,14,18,20,23H,11-13H2,1-4H3/b10-9+/t18-,20-,23-/m1/s1. The molecule has 174 valence electrons. The van der Waals surface area contributed by atoms with Crippen molar-refractivity contribution in [3.8, 4) is 0 Å². The lowest BCUT2D eigenvalue weighted by Gasteiger charge is -2.45. The van der Waals surface area contributed by atoms with Gasteiger partial charge in [-0.15, -0.1) is 0 Å². The Hall–Kier alpha value is -3.55. The lowest BCUT2D eigenvalue weighted by atomic mass is 9.69. The number of rotatable bonds is 6. The maximum absolute atomic E-state index is 13.1. The molecule has 0 fully saturated rings. The topological polar surface area (TPSA) is 87.1 Å². The van der Waals surface area contributed by atoms with Gasteiger partial charge in [0.05, 0.1) is 32.7 Å². The molecule has 33 heavy (non-hydrogen) atoms. The second-order valence-electron chi connectivity index (χ2n) is 8.30. The molecule has 0 unspecified atom stereocenters. The van der Waals surface area contributed by atoms with Gasteiger partial charge in [-0.1, -0.05) is 24.3 Å². The fourth-order valence-corrected chi connectivity index (χ4v) is 5.18. The van der Waals surface area contributed by atoms with Crippen LogP contribution in [0, 0.1) is 5.92 Å². The highest BCUT2D eigenvalue weighted by molar-refractivity contribution is 5.93. The van der Waals surface area contributed by atoms with Crippen LogP contribution in [-0.4, -0.2) is 54.7 Å². The van der Waals surface area contributed by atoms with Gasteiger partial charge >= 0.3 is 17.9 Å². The van der Waals surface area contributed by atoms with Crippen LogP contribution in [0.3, 0.4) is 0 Å². The van der Waals surface area contributed by atoms with Crippen molar-refractivity contribution in [1.29, 1.82) is 0 Å². The normalized spacial score (nSPS) is 21.5. The largest absolute Gasteiger partial charge is 0.469 e. The summed E-state index contributed by atoms with van der Waals surface area (Å²) in [6, 6.07) is 8.00. The molecule has 2 aliphatic rings. The Morgan fingerprint density at radius 3 is 2.61 bits per heavy atom. The molecule has 0 saturated carbocycles. The third-order valence-electron chi connectivity index (χ3n) is 6.57.